The number of carbonyl (C=O) groups excluding carboxylic acids is 2. The molecule has 0 spiro atoms. The van der Waals surface area contributed by atoms with Crippen molar-refractivity contribution in [3.63, 3.8) is 0 Å². The van der Waals surface area contributed by atoms with Crippen molar-refractivity contribution in [2.75, 3.05) is 33.3 Å². The van der Waals surface area contributed by atoms with E-state index >= 15 is 0 Å². The zero-order chi connectivity index (χ0) is 21.1. The summed E-state index contributed by atoms with van der Waals surface area (Å²) in [7, 11) is 1.40. The number of para-hydroxylation sites is 1. The third-order valence-corrected chi connectivity index (χ3v) is 5.81. The van der Waals surface area contributed by atoms with E-state index < -0.39 is 0 Å². The van der Waals surface area contributed by atoms with E-state index in [0.717, 1.165) is 40.8 Å². The Hall–Kier alpha value is -3.25. The number of aryl methyl sites for hydroxylation is 1. The van der Waals surface area contributed by atoms with Gasteiger partial charge in [-0.25, -0.2) is 9.78 Å². The maximum Gasteiger partial charge on any atom is 0.340 e. The van der Waals surface area contributed by atoms with Gasteiger partial charge in [-0.15, -0.1) is 0 Å². The van der Waals surface area contributed by atoms with Crippen LogP contribution in [0.3, 0.4) is 0 Å². The van der Waals surface area contributed by atoms with Gasteiger partial charge in [-0.1, -0.05) is 36.4 Å². The number of hydrogen-bond acceptors (Lipinski definition) is 4. The van der Waals surface area contributed by atoms with Crippen LogP contribution in [0.2, 0.25) is 0 Å². The van der Waals surface area contributed by atoms with Gasteiger partial charge in [-0.3, -0.25) is 4.79 Å². The van der Waals surface area contributed by atoms with Gasteiger partial charge in [0.25, 0.3) is 5.91 Å². The molecule has 4 rings (SSSR count). The Balaban J connectivity index is 1.52. The number of piperazine rings is 1. The average molecular weight is 404 g/mol. The van der Waals surface area contributed by atoms with Crippen LogP contribution in [0.1, 0.15) is 32.0 Å². The fourth-order valence-electron chi connectivity index (χ4n) is 4.14. The summed E-state index contributed by atoms with van der Waals surface area (Å²) < 4.78 is 5.05. The molecule has 0 unspecified atom stereocenters. The number of nitrogens with zero attached hydrogens (tertiary/aromatic N) is 2. The minimum absolute atomic E-state index is 0.0737. The summed E-state index contributed by atoms with van der Waals surface area (Å²) in [5.74, 6) is -0.275. The number of amides is 1. The van der Waals surface area contributed by atoms with Crippen molar-refractivity contribution >= 4 is 22.8 Å². The Kier molecular flexibility index (Phi) is 5.77. The molecule has 6 nitrogen and oxygen atoms in total. The van der Waals surface area contributed by atoms with E-state index in [-0.39, 0.29) is 11.9 Å². The van der Waals surface area contributed by atoms with Crippen LogP contribution in [-0.2, 0) is 11.3 Å². The second-order valence-corrected chi connectivity index (χ2v) is 7.65. The summed E-state index contributed by atoms with van der Waals surface area (Å²) in [5, 5.41) is 0.968. The molecule has 1 saturated heterocycles. The zero-order valence-electron chi connectivity index (χ0n) is 17.4. The molecule has 0 bridgehead atoms. The average Bonchev–Trinajstić information content (AvgIpc) is 2.79. The summed E-state index contributed by atoms with van der Waals surface area (Å²) in [6, 6.07) is 17.2. The number of hydrogen-bond donors (Lipinski definition) is 1. The number of benzene rings is 2. The number of fused-ring (bicyclic) bond motifs is 1. The largest absolute Gasteiger partial charge is 0.465 e. The zero-order valence-corrected chi connectivity index (χ0v) is 17.4. The van der Waals surface area contributed by atoms with Crippen LogP contribution in [-0.4, -0.2) is 55.0 Å². The molecule has 0 saturated carbocycles. The van der Waals surface area contributed by atoms with E-state index in [1.54, 1.807) is 0 Å². The third kappa shape index (κ3) is 3.91. The van der Waals surface area contributed by atoms with E-state index in [9.17, 15) is 9.59 Å². The van der Waals surface area contributed by atoms with Crippen LogP contribution in [0.4, 0.5) is 0 Å². The van der Waals surface area contributed by atoms with Crippen LogP contribution in [0.25, 0.3) is 10.9 Å². The van der Waals surface area contributed by atoms with Crippen molar-refractivity contribution in [1.29, 1.82) is 0 Å². The minimum Gasteiger partial charge on any atom is -0.465 e. The van der Waals surface area contributed by atoms with Crippen LogP contribution < -0.4 is 4.90 Å². The molecule has 2 aromatic carbocycles. The highest BCUT2D eigenvalue weighted by atomic mass is 16.5. The maximum atomic E-state index is 12.7. The molecule has 3 aromatic rings. The smallest absolute Gasteiger partial charge is 0.340 e. The summed E-state index contributed by atoms with van der Waals surface area (Å²) in [6.07, 6.45) is 0. The lowest BCUT2D eigenvalue weighted by atomic mass is 10.0. The molecule has 1 fully saturated rings. The summed E-state index contributed by atoms with van der Waals surface area (Å²) in [4.78, 5) is 33.2. The van der Waals surface area contributed by atoms with Gasteiger partial charge in [0.05, 0.1) is 44.4 Å². The first kappa shape index (κ1) is 20.0. The number of quaternary nitrogens is 1. The van der Waals surface area contributed by atoms with Gasteiger partial charge in [0.2, 0.25) is 0 Å². The van der Waals surface area contributed by atoms with Crippen molar-refractivity contribution in [3.05, 3.63) is 77.0 Å². The number of esters is 1. The molecular weight excluding hydrogens is 378 g/mol. The fraction of sp³-hybridized carbons (Fsp3) is 0.292. The fourth-order valence-corrected chi connectivity index (χ4v) is 4.14. The number of carbonyl (C=O) groups is 2. The predicted molar refractivity (Wildman–Crippen MR) is 115 cm³/mol. The van der Waals surface area contributed by atoms with Crippen molar-refractivity contribution in [1.82, 2.24) is 9.88 Å². The van der Waals surface area contributed by atoms with Crippen molar-refractivity contribution in [2.45, 2.75) is 13.5 Å². The highest BCUT2D eigenvalue weighted by Gasteiger charge is 2.27. The highest BCUT2D eigenvalue weighted by molar-refractivity contribution is 5.98. The van der Waals surface area contributed by atoms with Crippen LogP contribution in [0, 0.1) is 6.92 Å². The van der Waals surface area contributed by atoms with Gasteiger partial charge >= 0.3 is 5.97 Å². The lowest BCUT2D eigenvalue weighted by molar-refractivity contribution is -0.917. The molecule has 0 radical (unpaired) electrons. The monoisotopic (exact) mass is 404 g/mol. The van der Waals surface area contributed by atoms with E-state index in [4.69, 9.17) is 9.72 Å². The lowest BCUT2D eigenvalue weighted by Crippen LogP contribution is -3.13. The topological polar surface area (TPSA) is 63.9 Å². The van der Waals surface area contributed by atoms with Crippen molar-refractivity contribution < 1.29 is 19.2 Å². The van der Waals surface area contributed by atoms with Crippen molar-refractivity contribution in [2.24, 2.45) is 0 Å². The van der Waals surface area contributed by atoms with E-state index in [0.29, 0.717) is 25.2 Å². The molecule has 154 valence electrons. The molecule has 1 N–H and O–H groups in total. The second-order valence-electron chi connectivity index (χ2n) is 7.65. The molecule has 1 aliphatic rings. The van der Waals surface area contributed by atoms with Crippen molar-refractivity contribution in [3.8, 4) is 0 Å². The summed E-state index contributed by atoms with van der Waals surface area (Å²) >= 11 is 0. The van der Waals surface area contributed by atoms with Gasteiger partial charge in [-0.2, -0.15) is 0 Å². The van der Waals surface area contributed by atoms with Gasteiger partial charge in [0.1, 0.15) is 12.2 Å². The normalized spacial score (nSPS) is 14.7. The summed E-state index contributed by atoms with van der Waals surface area (Å²) in [6.45, 7) is 5.57. The number of ether oxygens (including phenoxy) is 1. The Morgan fingerprint density at radius 1 is 1.03 bits per heavy atom. The minimum atomic E-state index is -0.349. The first-order valence-electron chi connectivity index (χ1n) is 10.2. The molecule has 1 aromatic heterocycles. The van der Waals surface area contributed by atoms with Crippen LogP contribution in [0.5, 0.6) is 0 Å². The third-order valence-electron chi connectivity index (χ3n) is 5.81. The number of pyridine rings is 1. The maximum absolute atomic E-state index is 12.7. The number of aromatic nitrogens is 1. The second kappa shape index (κ2) is 8.63. The summed E-state index contributed by atoms with van der Waals surface area (Å²) in [5.41, 5.74) is 3.83. The Bertz CT molecular complexity index is 1070. The van der Waals surface area contributed by atoms with Gasteiger partial charge in [-0.05, 0) is 30.7 Å². The standard InChI is InChI=1S/C24H25N3O3/c1-17-19-10-6-7-11-20(19)25-21(22(17)24(29)30-2)16-26-12-14-27(15-13-26)23(28)18-8-4-3-5-9-18/h3-11H,12-16H2,1-2H3/p+1. The lowest BCUT2D eigenvalue weighted by Gasteiger charge is -2.32. The SMILES string of the molecule is COC(=O)c1c(C[NH+]2CCN(C(=O)c3ccccc3)CC2)nc2ccccc2c1C. The molecule has 30 heavy (non-hydrogen) atoms. The molecule has 6 heteroatoms. The van der Waals surface area contributed by atoms with E-state index in [2.05, 4.69) is 0 Å². The molecular formula is C24H26N3O3+. The van der Waals surface area contributed by atoms with Gasteiger partial charge in [0.15, 0.2) is 0 Å². The van der Waals surface area contributed by atoms with E-state index in [1.807, 2.05) is 66.4 Å². The Morgan fingerprint density at radius 2 is 1.70 bits per heavy atom. The molecule has 0 aliphatic carbocycles. The van der Waals surface area contributed by atoms with Crippen LogP contribution in [0.15, 0.2) is 54.6 Å². The van der Waals surface area contributed by atoms with Gasteiger partial charge in [0, 0.05) is 10.9 Å². The first-order valence-corrected chi connectivity index (χ1v) is 10.2. The quantitative estimate of drug-likeness (QED) is 0.675. The number of rotatable bonds is 4. The molecule has 2 heterocycles. The number of methoxy groups -OCH3 is 1. The number of nitrogens with one attached hydrogen (secondary N) is 1. The van der Waals surface area contributed by atoms with Gasteiger partial charge < -0.3 is 14.5 Å². The highest BCUT2D eigenvalue weighted by Crippen LogP contribution is 2.23. The van der Waals surface area contributed by atoms with Crippen LogP contribution >= 0.6 is 0 Å². The molecule has 0 atom stereocenters. The first-order chi connectivity index (χ1) is 14.6. The van der Waals surface area contributed by atoms with E-state index in [1.165, 1.54) is 12.0 Å². The Labute approximate surface area is 176 Å². The Morgan fingerprint density at radius 3 is 2.40 bits per heavy atom. The molecule has 1 amide bonds. The molecule has 1 aliphatic heterocycles. The predicted octanol–water partition coefficient (Wildman–Crippen LogP) is 1.87.